The molecule has 4 rings (SSSR count). The predicted octanol–water partition coefficient (Wildman–Crippen LogP) is 6.78. The summed E-state index contributed by atoms with van der Waals surface area (Å²) in [4.78, 5) is 23.5. The van der Waals surface area contributed by atoms with Gasteiger partial charge in [0.2, 0.25) is 0 Å². The van der Waals surface area contributed by atoms with E-state index in [0.29, 0.717) is 11.1 Å². The van der Waals surface area contributed by atoms with Crippen molar-refractivity contribution < 1.29 is 35.8 Å². The summed E-state index contributed by atoms with van der Waals surface area (Å²) in [5, 5.41) is 6.27. The van der Waals surface area contributed by atoms with Gasteiger partial charge in [-0.15, -0.1) is 12.0 Å². The molecule has 0 saturated carbocycles. The Labute approximate surface area is 248 Å². The fourth-order valence-electron chi connectivity index (χ4n) is 4.19. The molecular weight excluding hydrogens is 547 g/mol. The number of hydrogen-bond donors (Lipinski definition) is 2. The topological polar surface area (TPSA) is 76.7 Å². The third-order valence-corrected chi connectivity index (χ3v) is 7.10. The van der Waals surface area contributed by atoms with Gasteiger partial charge in [0.25, 0.3) is 0 Å². The van der Waals surface area contributed by atoms with Crippen LogP contribution in [0.3, 0.4) is 0 Å². The van der Waals surface area contributed by atoms with E-state index < -0.39 is 0 Å². The van der Waals surface area contributed by atoms with Crippen molar-refractivity contribution in [2.75, 3.05) is 17.7 Å². The van der Waals surface area contributed by atoms with Crippen molar-refractivity contribution in [2.24, 2.45) is 5.41 Å². The molecule has 0 spiro atoms. The van der Waals surface area contributed by atoms with E-state index in [1.54, 1.807) is 43.8 Å². The molecule has 1 heterocycles. The number of methoxy groups -OCH3 is 1. The third kappa shape index (κ3) is 7.79. The smallest absolute Gasteiger partial charge is 0.187 e. The minimum absolute atomic E-state index is 0. The van der Waals surface area contributed by atoms with Crippen molar-refractivity contribution in [3.05, 3.63) is 128 Å². The average Bonchev–Trinajstić information content (AvgIpc) is 3.11. The number of benzene rings is 1. The second-order valence-electron chi connectivity index (χ2n) is 9.80. The number of hydrogen-bond acceptors (Lipinski definition) is 6. The molecule has 213 valence electrons. The van der Waals surface area contributed by atoms with E-state index in [4.69, 9.17) is 9.47 Å². The number of nitrogens with one attached hydrogen (secondary N) is 2. The predicted molar refractivity (Wildman–Crippen MR) is 159 cm³/mol. The van der Waals surface area contributed by atoms with Crippen LogP contribution in [0.25, 0.3) is 0 Å². The third-order valence-electron chi connectivity index (χ3n) is 7.10. The molecule has 1 unspecified atom stereocenters. The standard InChI is InChI=1S/C20H16N2O2.C13H21O2.Co/c23-19-11-5-1-7-15(19)13-21-17-9-3-4-10-18(17)22-14-16-8-2-6-12-20(16)24;1-7-8-9-13(5)12(3,4)10(2)11(14-6)15-13;/h1-14,21-22H;7,11H,1-3,8-9H2,4-6H3;/q;-1;/b15-13-,16-14-;;/t;11?,12-,13+;/m.1./s1. The van der Waals surface area contributed by atoms with Gasteiger partial charge >= 0.3 is 0 Å². The number of carbonyl (C=O) groups excluding carboxylic acids is 2. The zero-order chi connectivity index (χ0) is 28.5. The Morgan fingerprint density at radius 2 is 1.43 bits per heavy atom. The molecule has 2 aliphatic carbocycles. The van der Waals surface area contributed by atoms with Crippen LogP contribution in [-0.4, -0.2) is 30.6 Å². The van der Waals surface area contributed by atoms with E-state index in [1.165, 1.54) is 12.2 Å². The summed E-state index contributed by atoms with van der Waals surface area (Å²) in [5.41, 5.74) is 3.06. The van der Waals surface area contributed by atoms with E-state index in [0.717, 1.165) is 29.8 Å². The number of anilines is 2. The number of carbonyl (C=O) groups is 2. The molecule has 3 atom stereocenters. The van der Waals surface area contributed by atoms with Crippen LogP contribution in [0.4, 0.5) is 11.4 Å². The molecule has 1 aliphatic heterocycles. The molecule has 0 amide bonds. The van der Waals surface area contributed by atoms with Crippen LogP contribution in [0.15, 0.2) is 121 Å². The maximum atomic E-state index is 11.7. The largest absolute Gasteiger partial charge is 0.359 e. The molecule has 1 aromatic rings. The fraction of sp³-hybridized carbons (Fsp3) is 0.242. The van der Waals surface area contributed by atoms with Crippen molar-refractivity contribution in [1.82, 2.24) is 0 Å². The van der Waals surface area contributed by atoms with E-state index in [2.05, 4.69) is 44.6 Å². The summed E-state index contributed by atoms with van der Waals surface area (Å²) in [6, 6.07) is 7.57. The monoisotopic (exact) mass is 584 g/mol. The van der Waals surface area contributed by atoms with Gasteiger partial charge in [0.05, 0.1) is 17.0 Å². The SMILES string of the molecule is C=CCC[C@]1(C)OC(OC)C(=C)[C@@]1([CH2-])C.O=C1C=CC=C/C1=C/Nc1ccccc1N/C=C1/C=CC=CC1=O.[Co]. The molecule has 1 fully saturated rings. The number of allylic oxidation sites excluding steroid dienone is 11. The van der Waals surface area contributed by atoms with Crippen LogP contribution in [0.2, 0.25) is 0 Å². The minimum atomic E-state index is -0.331. The van der Waals surface area contributed by atoms with Gasteiger partial charge in [-0.25, -0.2) is 0 Å². The first kappa shape index (κ1) is 32.7. The molecule has 6 nitrogen and oxygen atoms in total. The zero-order valence-corrected chi connectivity index (χ0v) is 24.3. The summed E-state index contributed by atoms with van der Waals surface area (Å²) < 4.78 is 11.1. The molecule has 0 aromatic heterocycles. The van der Waals surface area contributed by atoms with Crippen molar-refractivity contribution in [3.8, 4) is 0 Å². The molecule has 1 saturated heterocycles. The maximum Gasteiger partial charge on any atom is 0.187 e. The van der Waals surface area contributed by atoms with E-state index in [-0.39, 0.29) is 45.7 Å². The van der Waals surface area contributed by atoms with E-state index in [9.17, 15) is 9.59 Å². The van der Waals surface area contributed by atoms with E-state index in [1.807, 2.05) is 42.5 Å². The fourth-order valence-corrected chi connectivity index (χ4v) is 4.19. The molecule has 0 bridgehead atoms. The molecule has 1 radical (unpaired) electrons. The number of rotatable bonds is 8. The van der Waals surface area contributed by atoms with Crippen LogP contribution < -0.4 is 10.6 Å². The number of para-hydroxylation sites is 2. The Kier molecular flexibility index (Phi) is 12.1. The molecule has 3 aliphatic rings. The zero-order valence-electron chi connectivity index (χ0n) is 23.2. The summed E-state index contributed by atoms with van der Waals surface area (Å²) in [6.45, 7) is 16.1. The van der Waals surface area contributed by atoms with Crippen LogP contribution in [0, 0.1) is 12.3 Å². The average molecular weight is 585 g/mol. The van der Waals surface area contributed by atoms with Gasteiger partial charge in [-0.3, -0.25) is 9.59 Å². The second-order valence-corrected chi connectivity index (χ2v) is 9.80. The maximum absolute atomic E-state index is 11.7. The van der Waals surface area contributed by atoms with Crippen LogP contribution >= 0.6 is 0 Å². The normalized spacial score (nSPS) is 26.9. The molecule has 40 heavy (non-hydrogen) atoms. The van der Waals surface area contributed by atoms with Gasteiger partial charge < -0.3 is 27.0 Å². The van der Waals surface area contributed by atoms with Gasteiger partial charge in [-0.1, -0.05) is 56.0 Å². The van der Waals surface area contributed by atoms with Crippen molar-refractivity contribution in [3.63, 3.8) is 0 Å². The summed E-state index contributed by atoms with van der Waals surface area (Å²) in [6.07, 6.45) is 20.3. The summed E-state index contributed by atoms with van der Waals surface area (Å²) in [7, 11) is 1.63. The van der Waals surface area contributed by atoms with Crippen LogP contribution in [0.1, 0.15) is 26.7 Å². The second kappa shape index (κ2) is 14.8. The first-order valence-corrected chi connectivity index (χ1v) is 12.8. The molecule has 2 N–H and O–H groups in total. The quantitative estimate of drug-likeness (QED) is 0.199. The molecule has 7 heteroatoms. The van der Waals surface area contributed by atoms with Crippen molar-refractivity contribution >= 4 is 22.9 Å². The number of ketones is 2. The van der Waals surface area contributed by atoms with Gasteiger partial charge in [-0.2, -0.15) is 0 Å². The van der Waals surface area contributed by atoms with E-state index >= 15 is 0 Å². The van der Waals surface area contributed by atoms with Crippen molar-refractivity contribution in [2.45, 2.75) is 38.6 Å². The Hall–Kier alpha value is -3.49. The first-order chi connectivity index (χ1) is 18.6. The first-order valence-electron chi connectivity index (χ1n) is 12.8. The Bertz CT molecular complexity index is 1230. The van der Waals surface area contributed by atoms with Gasteiger partial charge in [0.15, 0.2) is 17.9 Å². The van der Waals surface area contributed by atoms with Gasteiger partial charge in [-0.05, 0) is 61.8 Å². The summed E-state index contributed by atoms with van der Waals surface area (Å²) in [5.74, 6) is -0.0791. The van der Waals surface area contributed by atoms with Crippen LogP contribution in [-0.2, 0) is 35.8 Å². The van der Waals surface area contributed by atoms with Gasteiger partial charge in [0.1, 0.15) is 0 Å². The van der Waals surface area contributed by atoms with Gasteiger partial charge in [0, 0.05) is 47.4 Å². The van der Waals surface area contributed by atoms with Crippen LogP contribution in [0.5, 0.6) is 0 Å². The summed E-state index contributed by atoms with van der Waals surface area (Å²) >= 11 is 0. The Balaban J connectivity index is 0.000000304. The Morgan fingerprint density at radius 1 is 0.950 bits per heavy atom. The molecule has 1 aromatic carbocycles. The Morgan fingerprint density at radius 3 is 1.82 bits per heavy atom. The minimum Gasteiger partial charge on any atom is -0.359 e. The van der Waals surface area contributed by atoms with Crippen molar-refractivity contribution in [1.29, 1.82) is 0 Å². The number of ether oxygens (including phenoxy) is 2. The molecular formula is C33H37CoN2O4-.